The van der Waals surface area contributed by atoms with Gasteiger partial charge in [-0.25, -0.2) is 9.59 Å². The first-order chi connectivity index (χ1) is 12.4. The second-order valence-corrected chi connectivity index (χ2v) is 6.53. The molecular weight excluding hydrogens is 362 g/mol. The number of methoxy groups -OCH3 is 1. The number of alkyl carbamates (subject to hydrolysis) is 1. The van der Waals surface area contributed by atoms with Gasteiger partial charge in [0.05, 0.1) is 25.8 Å². The molecule has 1 aliphatic heterocycles. The lowest BCUT2D eigenvalue weighted by molar-refractivity contribution is -0.115. The number of thiophene rings is 1. The van der Waals surface area contributed by atoms with Gasteiger partial charge in [-0.1, -0.05) is 6.92 Å². The third kappa shape index (κ3) is 4.31. The van der Waals surface area contributed by atoms with Crippen LogP contribution in [0, 0.1) is 0 Å². The standard InChI is InChI=1S/C16H21N3O6S/c1-4-11(20)17-14-12(13(21)18-15(22)25-5-2)9-6-7-19(16(23)24-3)8-10(9)26-14/h4-8H2,1-3H3,(H,17,20)(H,18,21,22). The molecule has 0 radical (unpaired) electrons. The maximum Gasteiger partial charge on any atom is 0.414 e. The number of nitrogens with zero attached hydrogens (tertiary/aromatic N) is 1. The van der Waals surface area contributed by atoms with Crippen molar-refractivity contribution in [2.45, 2.75) is 33.2 Å². The molecule has 1 aromatic heterocycles. The van der Waals surface area contributed by atoms with Crippen molar-refractivity contribution in [3.63, 3.8) is 0 Å². The Morgan fingerprint density at radius 2 is 1.96 bits per heavy atom. The van der Waals surface area contributed by atoms with Crippen LogP contribution >= 0.6 is 11.3 Å². The van der Waals surface area contributed by atoms with Crippen molar-refractivity contribution in [2.24, 2.45) is 0 Å². The molecule has 2 rings (SSSR count). The van der Waals surface area contributed by atoms with Gasteiger partial charge in [0.1, 0.15) is 5.00 Å². The van der Waals surface area contributed by atoms with Gasteiger partial charge < -0.3 is 19.7 Å². The molecule has 4 amide bonds. The van der Waals surface area contributed by atoms with E-state index in [9.17, 15) is 19.2 Å². The van der Waals surface area contributed by atoms with Gasteiger partial charge in [0.25, 0.3) is 5.91 Å². The molecule has 0 atom stereocenters. The summed E-state index contributed by atoms with van der Waals surface area (Å²) in [6, 6.07) is 0. The Balaban J connectivity index is 2.34. The van der Waals surface area contributed by atoms with E-state index < -0.39 is 18.1 Å². The highest BCUT2D eigenvalue weighted by atomic mass is 32.1. The number of rotatable bonds is 4. The van der Waals surface area contributed by atoms with Crippen LogP contribution in [0.4, 0.5) is 14.6 Å². The van der Waals surface area contributed by atoms with Gasteiger partial charge in [-0.3, -0.25) is 14.9 Å². The average Bonchev–Trinajstić information content (AvgIpc) is 2.97. The average molecular weight is 383 g/mol. The Hall–Kier alpha value is -2.62. The monoisotopic (exact) mass is 383 g/mol. The zero-order valence-electron chi connectivity index (χ0n) is 14.8. The zero-order chi connectivity index (χ0) is 19.3. The summed E-state index contributed by atoms with van der Waals surface area (Å²) in [7, 11) is 1.30. The first-order valence-corrected chi connectivity index (χ1v) is 8.98. The van der Waals surface area contributed by atoms with E-state index in [4.69, 9.17) is 9.47 Å². The molecule has 9 nitrogen and oxygen atoms in total. The van der Waals surface area contributed by atoms with Gasteiger partial charge in [-0.05, 0) is 18.9 Å². The van der Waals surface area contributed by atoms with E-state index in [0.717, 1.165) is 4.88 Å². The van der Waals surface area contributed by atoms with Gasteiger partial charge in [0.2, 0.25) is 5.91 Å². The molecule has 1 aliphatic rings. The van der Waals surface area contributed by atoms with Crippen LogP contribution < -0.4 is 10.6 Å². The van der Waals surface area contributed by atoms with Gasteiger partial charge >= 0.3 is 12.2 Å². The van der Waals surface area contributed by atoms with E-state index in [1.807, 2.05) is 0 Å². The number of imide groups is 1. The number of nitrogens with one attached hydrogen (secondary N) is 2. The summed E-state index contributed by atoms with van der Waals surface area (Å²) < 4.78 is 9.47. The van der Waals surface area contributed by atoms with Gasteiger partial charge in [0.15, 0.2) is 0 Å². The number of ether oxygens (including phenoxy) is 2. The molecule has 0 bridgehead atoms. The molecule has 0 saturated heterocycles. The number of hydrogen-bond acceptors (Lipinski definition) is 7. The molecule has 0 saturated carbocycles. The largest absolute Gasteiger partial charge is 0.453 e. The lowest BCUT2D eigenvalue weighted by Gasteiger charge is -2.25. The van der Waals surface area contributed by atoms with Crippen molar-refractivity contribution < 1.29 is 28.7 Å². The zero-order valence-corrected chi connectivity index (χ0v) is 15.7. The smallest absolute Gasteiger partial charge is 0.414 e. The SMILES string of the molecule is CCOC(=O)NC(=O)c1c(NC(=O)CC)sc2c1CCN(C(=O)OC)C2. The van der Waals surface area contributed by atoms with E-state index in [-0.39, 0.29) is 31.0 Å². The quantitative estimate of drug-likeness (QED) is 0.823. The number of carbonyl (C=O) groups excluding carboxylic acids is 4. The summed E-state index contributed by atoms with van der Waals surface area (Å²) in [6.07, 6.45) is -0.650. The predicted octanol–water partition coefficient (Wildman–Crippen LogP) is 2.11. The Morgan fingerprint density at radius 1 is 1.23 bits per heavy atom. The Morgan fingerprint density at radius 3 is 2.58 bits per heavy atom. The number of hydrogen-bond donors (Lipinski definition) is 2. The molecule has 0 aromatic carbocycles. The lowest BCUT2D eigenvalue weighted by atomic mass is 10.0. The van der Waals surface area contributed by atoms with E-state index >= 15 is 0 Å². The second kappa shape index (κ2) is 8.65. The van der Waals surface area contributed by atoms with Gasteiger partial charge in [-0.15, -0.1) is 11.3 Å². The number of amides is 4. The summed E-state index contributed by atoms with van der Waals surface area (Å²) in [5, 5.41) is 5.21. The van der Waals surface area contributed by atoms with Crippen molar-refractivity contribution in [3.05, 3.63) is 16.0 Å². The highest BCUT2D eigenvalue weighted by molar-refractivity contribution is 7.17. The number of anilines is 1. The highest BCUT2D eigenvalue weighted by Crippen LogP contribution is 2.37. The van der Waals surface area contributed by atoms with E-state index in [1.54, 1.807) is 13.8 Å². The normalized spacial score (nSPS) is 12.8. The molecule has 2 heterocycles. The minimum absolute atomic E-state index is 0.133. The summed E-state index contributed by atoms with van der Waals surface area (Å²) in [5.74, 6) is -0.891. The van der Waals surface area contributed by atoms with Crippen LogP contribution in [0.3, 0.4) is 0 Å². The molecule has 0 spiro atoms. The summed E-state index contributed by atoms with van der Waals surface area (Å²) in [5.41, 5.74) is 0.952. The molecule has 0 fully saturated rings. The Bertz CT molecular complexity index is 730. The molecule has 0 unspecified atom stereocenters. The first-order valence-electron chi connectivity index (χ1n) is 8.16. The Labute approximate surface area is 154 Å². The third-order valence-electron chi connectivity index (χ3n) is 3.78. The topological polar surface area (TPSA) is 114 Å². The van der Waals surface area contributed by atoms with Crippen LogP contribution in [0.25, 0.3) is 0 Å². The van der Waals surface area contributed by atoms with Crippen molar-refractivity contribution in [3.8, 4) is 0 Å². The lowest BCUT2D eigenvalue weighted by Crippen LogP contribution is -2.36. The van der Waals surface area contributed by atoms with Crippen molar-refractivity contribution in [1.82, 2.24) is 10.2 Å². The van der Waals surface area contributed by atoms with Crippen LogP contribution in [0.15, 0.2) is 0 Å². The first kappa shape index (κ1) is 19.7. The molecule has 2 N–H and O–H groups in total. The molecule has 26 heavy (non-hydrogen) atoms. The fourth-order valence-electron chi connectivity index (χ4n) is 2.55. The molecule has 142 valence electrons. The second-order valence-electron chi connectivity index (χ2n) is 5.43. The highest BCUT2D eigenvalue weighted by Gasteiger charge is 2.31. The van der Waals surface area contributed by atoms with Crippen LogP contribution in [0.2, 0.25) is 0 Å². The van der Waals surface area contributed by atoms with Crippen molar-refractivity contribution in [2.75, 3.05) is 25.6 Å². The minimum Gasteiger partial charge on any atom is -0.453 e. The molecule has 1 aromatic rings. The van der Waals surface area contributed by atoms with Gasteiger partial charge in [0, 0.05) is 17.8 Å². The Kier molecular flexibility index (Phi) is 6.56. The summed E-state index contributed by atoms with van der Waals surface area (Å²) in [4.78, 5) is 50.0. The fourth-order valence-corrected chi connectivity index (χ4v) is 3.83. The molecule has 10 heteroatoms. The van der Waals surface area contributed by atoms with Crippen LogP contribution in [-0.2, 0) is 27.2 Å². The minimum atomic E-state index is -0.850. The molecular formula is C16H21N3O6S. The van der Waals surface area contributed by atoms with Crippen molar-refractivity contribution in [1.29, 1.82) is 0 Å². The third-order valence-corrected chi connectivity index (χ3v) is 4.91. The molecule has 0 aliphatic carbocycles. The maximum atomic E-state index is 12.6. The van der Waals surface area contributed by atoms with Crippen LogP contribution in [0.5, 0.6) is 0 Å². The number of carbonyl (C=O) groups is 4. The van der Waals surface area contributed by atoms with E-state index in [2.05, 4.69) is 10.6 Å². The van der Waals surface area contributed by atoms with Crippen LogP contribution in [0.1, 0.15) is 41.1 Å². The fraction of sp³-hybridized carbons (Fsp3) is 0.500. The predicted molar refractivity (Wildman–Crippen MR) is 94.2 cm³/mol. The van der Waals surface area contributed by atoms with E-state index in [1.165, 1.54) is 23.3 Å². The summed E-state index contributed by atoms with van der Waals surface area (Å²) >= 11 is 1.21. The number of fused-ring (bicyclic) bond motifs is 1. The van der Waals surface area contributed by atoms with Gasteiger partial charge in [-0.2, -0.15) is 0 Å². The summed E-state index contributed by atoms with van der Waals surface area (Å²) in [6.45, 7) is 4.10. The van der Waals surface area contributed by atoms with E-state index in [0.29, 0.717) is 23.5 Å². The maximum absolute atomic E-state index is 12.6. The van der Waals surface area contributed by atoms with Crippen molar-refractivity contribution >= 4 is 40.3 Å². The van der Waals surface area contributed by atoms with Crippen LogP contribution in [-0.4, -0.2) is 49.2 Å².